The van der Waals surface area contributed by atoms with Crippen LogP contribution in [0.5, 0.6) is 0 Å². The van der Waals surface area contributed by atoms with Gasteiger partial charge in [-0.05, 0) is 25.1 Å². The molecule has 0 spiro atoms. The van der Waals surface area contributed by atoms with Crippen molar-refractivity contribution in [3.8, 4) is 0 Å². The molecule has 2 heterocycles. The first-order valence-electron chi connectivity index (χ1n) is 7.48. The lowest BCUT2D eigenvalue weighted by molar-refractivity contribution is -0.110. The van der Waals surface area contributed by atoms with E-state index in [0.717, 1.165) is 28.9 Å². The fourth-order valence-electron chi connectivity index (χ4n) is 3.09. The van der Waals surface area contributed by atoms with Gasteiger partial charge < -0.3 is 9.88 Å². The summed E-state index contributed by atoms with van der Waals surface area (Å²) < 4.78 is 2.21. The van der Waals surface area contributed by atoms with Crippen LogP contribution >= 0.6 is 0 Å². The first-order valence-corrected chi connectivity index (χ1v) is 7.48. The largest absolute Gasteiger partial charge is 0.347 e. The fourth-order valence-corrected chi connectivity index (χ4v) is 3.09. The maximum atomic E-state index is 12.3. The summed E-state index contributed by atoms with van der Waals surface area (Å²) in [5, 5.41) is 4.10. The molecule has 1 aromatic heterocycles. The van der Waals surface area contributed by atoms with Gasteiger partial charge in [0, 0.05) is 46.0 Å². The van der Waals surface area contributed by atoms with Crippen LogP contribution in [-0.4, -0.2) is 10.5 Å². The Bertz CT molecular complexity index is 918. The fraction of sp³-hybridized carbons (Fsp3) is 0.105. The van der Waals surface area contributed by atoms with E-state index < -0.39 is 0 Å². The van der Waals surface area contributed by atoms with Gasteiger partial charge in [0.25, 0.3) is 5.91 Å². The molecule has 3 nitrogen and oxygen atoms in total. The summed E-state index contributed by atoms with van der Waals surface area (Å²) >= 11 is 0. The summed E-state index contributed by atoms with van der Waals surface area (Å²) in [6.45, 7) is 3.04. The number of anilines is 1. The van der Waals surface area contributed by atoms with Crippen molar-refractivity contribution in [2.45, 2.75) is 13.5 Å². The summed E-state index contributed by atoms with van der Waals surface area (Å²) in [7, 11) is 0. The van der Waals surface area contributed by atoms with Crippen LogP contribution in [0.1, 0.15) is 18.1 Å². The minimum Gasteiger partial charge on any atom is -0.347 e. The Morgan fingerprint density at radius 2 is 1.86 bits per heavy atom. The van der Waals surface area contributed by atoms with E-state index in [4.69, 9.17) is 0 Å². The maximum absolute atomic E-state index is 12.3. The van der Waals surface area contributed by atoms with Crippen LogP contribution in [0.25, 0.3) is 22.6 Å². The van der Waals surface area contributed by atoms with Crippen molar-refractivity contribution < 1.29 is 4.79 Å². The van der Waals surface area contributed by atoms with Crippen LogP contribution in [0, 0.1) is 0 Å². The van der Waals surface area contributed by atoms with E-state index >= 15 is 0 Å². The van der Waals surface area contributed by atoms with Crippen molar-refractivity contribution in [3.63, 3.8) is 0 Å². The Labute approximate surface area is 128 Å². The number of rotatable bonds is 2. The highest BCUT2D eigenvalue weighted by Gasteiger charge is 2.23. The van der Waals surface area contributed by atoms with E-state index in [1.807, 2.05) is 42.5 Å². The lowest BCUT2D eigenvalue weighted by Gasteiger charge is -1.98. The van der Waals surface area contributed by atoms with E-state index in [1.54, 1.807) is 0 Å². The summed E-state index contributed by atoms with van der Waals surface area (Å²) in [4.78, 5) is 12.3. The van der Waals surface area contributed by atoms with Crippen LogP contribution in [-0.2, 0) is 11.3 Å². The molecule has 1 aliphatic heterocycles. The topological polar surface area (TPSA) is 34.0 Å². The monoisotopic (exact) mass is 288 g/mol. The summed E-state index contributed by atoms with van der Waals surface area (Å²) in [6, 6.07) is 16.1. The molecule has 0 fully saturated rings. The molecule has 108 valence electrons. The molecule has 1 aliphatic rings. The van der Waals surface area contributed by atoms with Gasteiger partial charge in [-0.2, -0.15) is 0 Å². The molecule has 2 aromatic carbocycles. The number of aryl methyl sites for hydroxylation is 1. The van der Waals surface area contributed by atoms with Crippen molar-refractivity contribution in [2.24, 2.45) is 0 Å². The number of carbonyl (C=O) groups is 1. The third kappa shape index (κ3) is 1.86. The molecule has 3 aromatic rings. The third-order valence-electron chi connectivity index (χ3n) is 4.17. The Kier molecular flexibility index (Phi) is 2.86. The number of benzene rings is 2. The molecule has 0 atom stereocenters. The van der Waals surface area contributed by atoms with Crippen molar-refractivity contribution in [1.82, 2.24) is 4.57 Å². The summed E-state index contributed by atoms with van der Waals surface area (Å²) in [6.07, 6.45) is 4.11. The highest BCUT2D eigenvalue weighted by atomic mass is 16.2. The second-order valence-corrected chi connectivity index (χ2v) is 5.45. The maximum Gasteiger partial charge on any atom is 0.256 e. The van der Waals surface area contributed by atoms with Gasteiger partial charge in [0.2, 0.25) is 0 Å². The molecule has 3 heteroatoms. The smallest absolute Gasteiger partial charge is 0.256 e. The number of hydrogen-bond acceptors (Lipinski definition) is 1. The molecule has 0 aliphatic carbocycles. The second-order valence-electron chi connectivity index (χ2n) is 5.45. The Morgan fingerprint density at radius 1 is 1.09 bits per heavy atom. The number of nitrogens with one attached hydrogen (secondary N) is 1. The Balaban J connectivity index is 1.92. The van der Waals surface area contributed by atoms with Gasteiger partial charge in [-0.15, -0.1) is 0 Å². The molecule has 0 saturated heterocycles. The van der Waals surface area contributed by atoms with Gasteiger partial charge in [-0.25, -0.2) is 0 Å². The van der Waals surface area contributed by atoms with Crippen LogP contribution in [0.4, 0.5) is 5.69 Å². The van der Waals surface area contributed by atoms with E-state index in [9.17, 15) is 4.79 Å². The molecular weight excluding hydrogens is 272 g/mol. The van der Waals surface area contributed by atoms with Gasteiger partial charge in [0.05, 0.1) is 0 Å². The highest BCUT2D eigenvalue weighted by molar-refractivity contribution is 6.35. The van der Waals surface area contributed by atoms with Crippen LogP contribution in [0.2, 0.25) is 0 Å². The molecule has 22 heavy (non-hydrogen) atoms. The number of para-hydroxylation sites is 2. The first-order chi connectivity index (χ1) is 10.8. The second kappa shape index (κ2) is 4.88. The van der Waals surface area contributed by atoms with E-state index in [-0.39, 0.29) is 5.91 Å². The molecule has 0 saturated carbocycles. The standard InChI is InChI=1S/C19H16N2O/c1-2-21-12-13(14-7-4-6-10-18(14)21)11-16-15-8-3-5-9-17(15)20-19(16)22/h3-12H,2H2,1H3,(H,20,22). The first kappa shape index (κ1) is 12.9. The van der Waals surface area contributed by atoms with Gasteiger partial charge in [0.1, 0.15) is 0 Å². The van der Waals surface area contributed by atoms with E-state index in [2.05, 4.69) is 35.1 Å². The van der Waals surface area contributed by atoms with Crippen LogP contribution in [0.15, 0.2) is 54.7 Å². The lowest BCUT2D eigenvalue weighted by atomic mass is 10.0. The normalized spacial score (nSPS) is 15.3. The van der Waals surface area contributed by atoms with E-state index in [0.29, 0.717) is 0 Å². The number of carbonyl (C=O) groups excluding carboxylic acids is 1. The Morgan fingerprint density at radius 3 is 2.73 bits per heavy atom. The molecule has 4 rings (SSSR count). The zero-order chi connectivity index (χ0) is 15.1. The van der Waals surface area contributed by atoms with Gasteiger partial charge in [0.15, 0.2) is 0 Å². The molecule has 0 unspecified atom stereocenters. The van der Waals surface area contributed by atoms with Gasteiger partial charge in [-0.1, -0.05) is 36.4 Å². The van der Waals surface area contributed by atoms with Crippen molar-refractivity contribution in [1.29, 1.82) is 0 Å². The zero-order valence-electron chi connectivity index (χ0n) is 12.3. The molecule has 0 bridgehead atoms. The predicted molar refractivity (Wildman–Crippen MR) is 90.6 cm³/mol. The average molecular weight is 288 g/mol. The van der Waals surface area contributed by atoms with Gasteiger partial charge in [-0.3, -0.25) is 4.79 Å². The summed E-state index contributed by atoms with van der Waals surface area (Å²) in [5.41, 5.74) is 4.87. The van der Waals surface area contributed by atoms with Crippen LogP contribution < -0.4 is 5.32 Å². The minimum atomic E-state index is -0.0328. The number of aromatic nitrogens is 1. The van der Waals surface area contributed by atoms with Crippen molar-refractivity contribution in [2.75, 3.05) is 5.32 Å². The molecule has 0 radical (unpaired) electrons. The Hall–Kier alpha value is -2.81. The lowest BCUT2D eigenvalue weighted by Crippen LogP contribution is -2.03. The number of nitrogens with zero attached hydrogens (tertiary/aromatic N) is 1. The third-order valence-corrected chi connectivity index (χ3v) is 4.17. The SMILES string of the molecule is CCn1cc(C=C2C(=O)Nc3ccccc32)c2ccccc21. The number of fused-ring (bicyclic) bond motifs is 2. The highest BCUT2D eigenvalue weighted by Crippen LogP contribution is 2.34. The molecule has 1 N–H and O–H groups in total. The minimum absolute atomic E-state index is 0.0328. The van der Waals surface area contributed by atoms with Crippen LogP contribution in [0.3, 0.4) is 0 Å². The number of amides is 1. The quantitative estimate of drug-likeness (QED) is 0.706. The summed E-state index contributed by atoms with van der Waals surface area (Å²) in [5.74, 6) is -0.0328. The van der Waals surface area contributed by atoms with Crippen molar-refractivity contribution >= 4 is 34.1 Å². The zero-order valence-corrected chi connectivity index (χ0v) is 12.3. The van der Waals surface area contributed by atoms with Crippen molar-refractivity contribution in [3.05, 3.63) is 65.9 Å². The molecular formula is C19H16N2O. The van der Waals surface area contributed by atoms with Gasteiger partial charge >= 0.3 is 0 Å². The predicted octanol–water partition coefficient (Wildman–Crippen LogP) is 4.15. The average Bonchev–Trinajstić information content (AvgIpc) is 3.06. The number of hydrogen-bond donors (Lipinski definition) is 1. The molecule has 1 amide bonds. The van der Waals surface area contributed by atoms with E-state index in [1.165, 1.54) is 10.9 Å².